The number of halogens is 1. The second-order valence-electron chi connectivity index (χ2n) is 4.21. The molecule has 0 saturated carbocycles. The van der Waals surface area contributed by atoms with Crippen LogP contribution in [0.15, 0.2) is 52.0 Å². The largest absolute Gasteiger partial charge is 0.390 e. The number of aliphatic hydroxyl groups is 1. The lowest BCUT2D eigenvalue weighted by Gasteiger charge is -2.07. The molecule has 3 rings (SSSR count). The van der Waals surface area contributed by atoms with Crippen molar-refractivity contribution in [1.82, 2.24) is 24.8 Å². The van der Waals surface area contributed by atoms with Gasteiger partial charge in [0, 0.05) is 0 Å². The van der Waals surface area contributed by atoms with Crippen molar-refractivity contribution in [2.45, 2.75) is 6.61 Å². The normalized spacial score (nSPS) is 10.8. The fraction of sp³-hybridized carbons (Fsp3) is 0.0769. The summed E-state index contributed by atoms with van der Waals surface area (Å²) in [5.74, 6) is 0. The molecule has 106 valence electrons. The van der Waals surface area contributed by atoms with Crippen molar-refractivity contribution in [3.63, 3.8) is 0 Å². The van der Waals surface area contributed by atoms with Crippen molar-refractivity contribution >= 4 is 15.9 Å². The molecule has 0 spiro atoms. The summed E-state index contributed by atoms with van der Waals surface area (Å²) in [5.41, 5.74) is 1.23. The van der Waals surface area contributed by atoms with Crippen molar-refractivity contribution < 1.29 is 5.11 Å². The van der Waals surface area contributed by atoms with Crippen LogP contribution >= 0.6 is 15.9 Å². The number of nitrogens with zero attached hydrogens (tertiary/aromatic N) is 5. The molecule has 7 nitrogen and oxygen atoms in total. The molecule has 0 atom stereocenters. The lowest BCUT2D eigenvalue weighted by Crippen LogP contribution is -2.23. The van der Waals surface area contributed by atoms with Gasteiger partial charge in [0.15, 0.2) is 0 Å². The van der Waals surface area contributed by atoms with Crippen LogP contribution in [0.2, 0.25) is 0 Å². The number of aliphatic hydroxyl groups excluding tert-OH is 1. The molecule has 3 aromatic rings. The molecule has 21 heavy (non-hydrogen) atoms. The van der Waals surface area contributed by atoms with E-state index in [0.29, 0.717) is 21.5 Å². The monoisotopic (exact) mass is 347 g/mol. The molecule has 1 N–H and O–H groups in total. The molecule has 0 aliphatic rings. The quantitative estimate of drug-likeness (QED) is 0.765. The molecular formula is C13H10BrN5O2. The van der Waals surface area contributed by atoms with Crippen molar-refractivity contribution in [2.24, 2.45) is 0 Å². The lowest BCUT2D eigenvalue weighted by molar-refractivity contribution is 0.276. The van der Waals surface area contributed by atoms with E-state index < -0.39 is 0 Å². The Bertz CT molecular complexity index is 828. The lowest BCUT2D eigenvalue weighted by atomic mass is 10.3. The summed E-state index contributed by atoms with van der Waals surface area (Å²) in [5, 5.41) is 20.8. The Morgan fingerprint density at radius 2 is 2.00 bits per heavy atom. The zero-order valence-electron chi connectivity index (χ0n) is 10.7. The summed E-state index contributed by atoms with van der Waals surface area (Å²) in [7, 11) is 0. The van der Waals surface area contributed by atoms with Crippen molar-refractivity contribution in [1.29, 1.82) is 0 Å². The standard InChI is InChI=1S/C13H10BrN5O2/c14-12-11(18-7-9(8-20)16-17-18)6-15-19(13(12)21)10-4-2-1-3-5-10/h1-7,20H,8H2. The fourth-order valence-corrected chi connectivity index (χ4v) is 2.28. The van der Waals surface area contributed by atoms with Gasteiger partial charge in [-0.15, -0.1) is 5.10 Å². The van der Waals surface area contributed by atoms with E-state index in [2.05, 4.69) is 31.3 Å². The smallest absolute Gasteiger partial charge is 0.288 e. The molecule has 0 aliphatic heterocycles. The van der Waals surface area contributed by atoms with Crippen LogP contribution in [0.4, 0.5) is 0 Å². The SMILES string of the molecule is O=c1c(Br)c(-n2cc(CO)nn2)cnn1-c1ccccc1. The van der Waals surface area contributed by atoms with Gasteiger partial charge in [0.1, 0.15) is 15.9 Å². The van der Waals surface area contributed by atoms with E-state index in [1.807, 2.05) is 18.2 Å². The maximum atomic E-state index is 12.4. The van der Waals surface area contributed by atoms with E-state index in [0.717, 1.165) is 0 Å². The van der Waals surface area contributed by atoms with E-state index in [4.69, 9.17) is 5.11 Å². The first-order valence-electron chi connectivity index (χ1n) is 6.06. The minimum Gasteiger partial charge on any atom is -0.390 e. The van der Waals surface area contributed by atoms with Crippen molar-refractivity contribution in [2.75, 3.05) is 0 Å². The second kappa shape index (κ2) is 5.58. The summed E-state index contributed by atoms with van der Waals surface area (Å²) < 4.78 is 2.99. The van der Waals surface area contributed by atoms with E-state index in [-0.39, 0.29) is 12.2 Å². The fourth-order valence-electron chi connectivity index (χ4n) is 1.83. The summed E-state index contributed by atoms with van der Waals surface area (Å²) in [6.07, 6.45) is 3.04. The number of benzene rings is 1. The van der Waals surface area contributed by atoms with Crippen LogP contribution < -0.4 is 5.56 Å². The average Bonchev–Trinajstić information content (AvgIpc) is 2.99. The highest BCUT2D eigenvalue weighted by molar-refractivity contribution is 9.10. The van der Waals surface area contributed by atoms with Gasteiger partial charge in [-0.05, 0) is 28.1 Å². The predicted octanol–water partition coefficient (Wildman–Crippen LogP) is 1.07. The average molecular weight is 348 g/mol. The Labute approximate surface area is 127 Å². The minimum absolute atomic E-state index is 0.216. The van der Waals surface area contributed by atoms with Gasteiger partial charge in [-0.25, -0.2) is 4.68 Å². The van der Waals surface area contributed by atoms with Gasteiger partial charge >= 0.3 is 0 Å². The van der Waals surface area contributed by atoms with Gasteiger partial charge in [0.25, 0.3) is 5.56 Å². The maximum Gasteiger partial charge on any atom is 0.288 e. The number of rotatable bonds is 3. The molecular weight excluding hydrogens is 338 g/mol. The van der Waals surface area contributed by atoms with Crippen LogP contribution in [0.1, 0.15) is 5.69 Å². The van der Waals surface area contributed by atoms with Crippen molar-refractivity contribution in [3.05, 3.63) is 63.2 Å². The first kappa shape index (κ1) is 13.7. The summed E-state index contributed by atoms with van der Waals surface area (Å²) in [4.78, 5) is 12.4. The zero-order chi connectivity index (χ0) is 14.8. The Kier molecular flexibility index (Phi) is 3.63. The molecule has 0 radical (unpaired) electrons. The molecule has 2 heterocycles. The van der Waals surface area contributed by atoms with Crippen LogP contribution in [0, 0.1) is 0 Å². The van der Waals surface area contributed by atoms with Crippen LogP contribution in [0.5, 0.6) is 0 Å². The number of para-hydroxylation sites is 1. The van der Waals surface area contributed by atoms with E-state index in [1.54, 1.807) is 12.1 Å². The Hall–Kier alpha value is -2.32. The molecule has 0 bridgehead atoms. The Morgan fingerprint density at radius 1 is 1.24 bits per heavy atom. The van der Waals surface area contributed by atoms with E-state index >= 15 is 0 Å². The van der Waals surface area contributed by atoms with E-state index in [9.17, 15) is 4.79 Å². The summed E-state index contributed by atoms with van der Waals surface area (Å²) >= 11 is 3.27. The summed E-state index contributed by atoms with van der Waals surface area (Å²) in [6, 6.07) is 9.11. The molecule has 0 aliphatic carbocycles. The van der Waals surface area contributed by atoms with Gasteiger partial charge in [0.05, 0.1) is 24.7 Å². The van der Waals surface area contributed by atoms with Gasteiger partial charge in [-0.1, -0.05) is 23.4 Å². The van der Waals surface area contributed by atoms with Gasteiger partial charge in [-0.3, -0.25) is 4.79 Å². The molecule has 2 aromatic heterocycles. The third-order valence-corrected chi connectivity index (χ3v) is 3.60. The number of hydrogen-bond donors (Lipinski definition) is 1. The topological polar surface area (TPSA) is 85.8 Å². The molecule has 0 saturated heterocycles. The molecule has 0 amide bonds. The highest BCUT2D eigenvalue weighted by Gasteiger charge is 2.13. The van der Waals surface area contributed by atoms with Gasteiger partial charge in [-0.2, -0.15) is 9.78 Å². The van der Waals surface area contributed by atoms with Crippen molar-refractivity contribution in [3.8, 4) is 11.4 Å². The van der Waals surface area contributed by atoms with Crippen LogP contribution in [0.25, 0.3) is 11.4 Å². The molecule has 8 heteroatoms. The first-order chi connectivity index (χ1) is 10.2. The van der Waals surface area contributed by atoms with Crippen LogP contribution in [-0.4, -0.2) is 29.9 Å². The van der Waals surface area contributed by atoms with E-state index in [1.165, 1.54) is 21.8 Å². The third kappa shape index (κ3) is 2.50. The highest BCUT2D eigenvalue weighted by Crippen LogP contribution is 2.16. The number of aromatic nitrogens is 5. The Morgan fingerprint density at radius 3 is 2.67 bits per heavy atom. The van der Waals surface area contributed by atoms with Gasteiger partial charge in [0.2, 0.25) is 0 Å². The van der Waals surface area contributed by atoms with Crippen LogP contribution in [0.3, 0.4) is 0 Å². The van der Waals surface area contributed by atoms with Gasteiger partial charge < -0.3 is 5.11 Å². The highest BCUT2D eigenvalue weighted by atomic mass is 79.9. The molecule has 0 fully saturated rings. The van der Waals surface area contributed by atoms with Crippen LogP contribution in [-0.2, 0) is 6.61 Å². The third-order valence-electron chi connectivity index (χ3n) is 2.85. The second-order valence-corrected chi connectivity index (χ2v) is 5.00. The first-order valence-corrected chi connectivity index (χ1v) is 6.85. The minimum atomic E-state index is -0.306. The molecule has 0 unspecified atom stereocenters. The molecule has 1 aromatic carbocycles. The zero-order valence-corrected chi connectivity index (χ0v) is 12.3. The Balaban J connectivity index is 2.11. The predicted molar refractivity (Wildman–Crippen MR) is 78.4 cm³/mol. The number of hydrogen-bond acceptors (Lipinski definition) is 5. The maximum absolute atomic E-state index is 12.4. The summed E-state index contributed by atoms with van der Waals surface area (Å²) in [6.45, 7) is -0.216.